The van der Waals surface area contributed by atoms with Gasteiger partial charge >= 0.3 is 5.97 Å². The van der Waals surface area contributed by atoms with Gasteiger partial charge in [-0.3, -0.25) is 4.79 Å². The molecule has 33 heavy (non-hydrogen) atoms. The molecule has 2 N–H and O–H groups in total. The Labute approximate surface area is 195 Å². The zero-order chi connectivity index (χ0) is 24.0. The molecule has 0 spiro atoms. The number of carbonyl (C=O) groups is 2. The minimum absolute atomic E-state index is 0.136. The molecule has 7 nitrogen and oxygen atoms in total. The summed E-state index contributed by atoms with van der Waals surface area (Å²) in [5.41, 5.74) is 1.94. The molecule has 3 rings (SSSR count). The largest absolute Gasteiger partial charge is 0.465 e. The SMILES string of the molecule is COC(=O)c1cccc(F)c1-c1ccc(C(C)Nc2nccc(Cl)c2NC(=O)CC#N)cc1. The quantitative estimate of drug-likeness (QED) is 0.454. The van der Waals surface area contributed by atoms with Crippen molar-refractivity contribution in [3.8, 4) is 17.2 Å². The van der Waals surface area contributed by atoms with Gasteiger partial charge in [-0.05, 0) is 36.2 Å². The molecule has 1 amide bonds. The van der Waals surface area contributed by atoms with Gasteiger partial charge in [0.25, 0.3) is 0 Å². The van der Waals surface area contributed by atoms with Crippen LogP contribution in [0.25, 0.3) is 11.1 Å². The smallest absolute Gasteiger partial charge is 0.338 e. The second-order valence-corrected chi connectivity index (χ2v) is 7.45. The molecule has 0 fully saturated rings. The normalized spacial score (nSPS) is 11.2. The minimum atomic E-state index is -0.624. The van der Waals surface area contributed by atoms with Crippen LogP contribution < -0.4 is 10.6 Å². The average molecular weight is 467 g/mol. The molecular formula is C24H20ClFN4O3. The van der Waals surface area contributed by atoms with Crippen molar-refractivity contribution in [3.63, 3.8) is 0 Å². The van der Waals surface area contributed by atoms with E-state index in [1.807, 2.05) is 6.92 Å². The van der Waals surface area contributed by atoms with Crippen LogP contribution in [0.4, 0.5) is 15.9 Å². The number of pyridine rings is 1. The summed E-state index contributed by atoms with van der Waals surface area (Å²) in [5, 5.41) is 14.8. The van der Waals surface area contributed by atoms with E-state index in [1.165, 1.54) is 37.6 Å². The molecule has 168 valence electrons. The summed E-state index contributed by atoms with van der Waals surface area (Å²) in [4.78, 5) is 28.2. The molecule has 1 atom stereocenters. The van der Waals surface area contributed by atoms with Crippen LogP contribution in [0.3, 0.4) is 0 Å². The van der Waals surface area contributed by atoms with Crippen molar-refractivity contribution in [3.05, 3.63) is 76.7 Å². The van der Waals surface area contributed by atoms with Gasteiger partial charge in [0.1, 0.15) is 17.9 Å². The van der Waals surface area contributed by atoms with E-state index in [4.69, 9.17) is 21.6 Å². The van der Waals surface area contributed by atoms with E-state index in [-0.39, 0.29) is 34.3 Å². The summed E-state index contributed by atoms with van der Waals surface area (Å²) in [5.74, 6) is -1.31. The van der Waals surface area contributed by atoms with Crippen molar-refractivity contribution in [2.24, 2.45) is 0 Å². The molecule has 0 saturated carbocycles. The van der Waals surface area contributed by atoms with Crippen LogP contribution in [-0.4, -0.2) is 24.0 Å². The van der Waals surface area contributed by atoms with Gasteiger partial charge in [-0.1, -0.05) is 41.9 Å². The van der Waals surface area contributed by atoms with Crippen molar-refractivity contribution in [1.82, 2.24) is 4.98 Å². The molecule has 0 radical (unpaired) electrons. The summed E-state index contributed by atoms with van der Waals surface area (Å²) >= 11 is 6.21. The van der Waals surface area contributed by atoms with Crippen LogP contribution in [0, 0.1) is 17.1 Å². The van der Waals surface area contributed by atoms with Crippen molar-refractivity contribution >= 4 is 35.0 Å². The number of carbonyl (C=O) groups excluding carboxylic acids is 2. The van der Waals surface area contributed by atoms with Crippen LogP contribution >= 0.6 is 11.6 Å². The third kappa shape index (κ3) is 5.45. The van der Waals surface area contributed by atoms with Crippen LogP contribution in [0.1, 0.15) is 35.3 Å². The monoisotopic (exact) mass is 466 g/mol. The first-order chi connectivity index (χ1) is 15.8. The first-order valence-corrected chi connectivity index (χ1v) is 10.3. The number of nitrogens with one attached hydrogen (secondary N) is 2. The third-order valence-electron chi connectivity index (χ3n) is 4.88. The number of rotatable bonds is 7. The van der Waals surface area contributed by atoms with Crippen molar-refractivity contribution < 1.29 is 18.7 Å². The van der Waals surface area contributed by atoms with Gasteiger partial charge in [-0.2, -0.15) is 5.26 Å². The van der Waals surface area contributed by atoms with Gasteiger partial charge in [-0.15, -0.1) is 0 Å². The molecular weight excluding hydrogens is 447 g/mol. The van der Waals surface area contributed by atoms with E-state index in [0.29, 0.717) is 11.4 Å². The molecule has 1 unspecified atom stereocenters. The zero-order valence-corrected chi connectivity index (χ0v) is 18.6. The third-order valence-corrected chi connectivity index (χ3v) is 5.19. The summed E-state index contributed by atoms with van der Waals surface area (Å²) in [6.07, 6.45) is 1.18. The molecule has 0 aliphatic carbocycles. The molecule has 2 aromatic carbocycles. The Morgan fingerprint density at radius 3 is 2.61 bits per heavy atom. The predicted molar refractivity (Wildman–Crippen MR) is 123 cm³/mol. The maximum Gasteiger partial charge on any atom is 0.338 e. The number of methoxy groups -OCH3 is 1. The minimum Gasteiger partial charge on any atom is -0.465 e. The highest BCUT2D eigenvalue weighted by Gasteiger charge is 2.18. The number of esters is 1. The first kappa shape index (κ1) is 23.7. The van der Waals surface area contributed by atoms with Crippen molar-refractivity contribution in [2.75, 3.05) is 17.7 Å². The Morgan fingerprint density at radius 2 is 1.94 bits per heavy atom. The van der Waals surface area contributed by atoms with Crippen molar-refractivity contribution in [1.29, 1.82) is 5.26 Å². The van der Waals surface area contributed by atoms with Crippen LogP contribution in [0.15, 0.2) is 54.7 Å². The lowest BCUT2D eigenvalue weighted by Gasteiger charge is -2.19. The Balaban J connectivity index is 1.86. The highest BCUT2D eigenvalue weighted by Crippen LogP contribution is 2.32. The number of nitrogens with zero attached hydrogens (tertiary/aromatic N) is 2. The molecule has 0 aliphatic rings. The van der Waals surface area contributed by atoms with Gasteiger partial charge in [0.05, 0.1) is 29.8 Å². The fraction of sp³-hybridized carbons (Fsp3) is 0.167. The molecule has 1 aromatic heterocycles. The van der Waals surface area contributed by atoms with Gasteiger partial charge in [0, 0.05) is 11.8 Å². The Hall–Kier alpha value is -3.96. The second kappa shape index (κ2) is 10.6. The number of aromatic nitrogens is 1. The molecule has 0 saturated heterocycles. The van der Waals surface area contributed by atoms with E-state index < -0.39 is 17.7 Å². The lowest BCUT2D eigenvalue weighted by molar-refractivity contribution is -0.115. The van der Waals surface area contributed by atoms with Gasteiger partial charge in [0.2, 0.25) is 5.91 Å². The standard InChI is InChI=1S/C24H20ClFN4O3/c1-14(29-23-22(18(25)11-13-28-23)30-20(31)10-12-27)15-6-8-16(9-7-15)21-17(24(32)33-2)4-3-5-19(21)26/h3-9,11,13-14H,10H2,1-2H3,(H,28,29)(H,30,31). The lowest BCUT2D eigenvalue weighted by Crippen LogP contribution is -2.15. The molecule has 0 bridgehead atoms. The Morgan fingerprint density at radius 1 is 1.21 bits per heavy atom. The zero-order valence-electron chi connectivity index (χ0n) is 17.9. The number of hydrogen-bond acceptors (Lipinski definition) is 6. The Bertz CT molecular complexity index is 1230. The average Bonchev–Trinajstić information content (AvgIpc) is 2.81. The first-order valence-electron chi connectivity index (χ1n) is 9.90. The van der Waals surface area contributed by atoms with Crippen LogP contribution in [-0.2, 0) is 9.53 Å². The van der Waals surface area contributed by atoms with Crippen LogP contribution in [0.2, 0.25) is 5.02 Å². The van der Waals surface area contributed by atoms with E-state index in [1.54, 1.807) is 30.3 Å². The second-order valence-electron chi connectivity index (χ2n) is 7.04. The molecule has 0 aliphatic heterocycles. The summed E-state index contributed by atoms with van der Waals surface area (Å²) in [7, 11) is 1.24. The van der Waals surface area contributed by atoms with Gasteiger partial charge < -0.3 is 15.4 Å². The Kier molecular flexibility index (Phi) is 7.59. The maximum absolute atomic E-state index is 14.5. The topological polar surface area (TPSA) is 104 Å². The predicted octanol–water partition coefficient (Wildman–Crippen LogP) is 5.35. The number of amides is 1. The molecule has 3 aromatic rings. The number of ether oxygens (including phenoxy) is 1. The lowest BCUT2D eigenvalue weighted by atomic mass is 9.97. The van der Waals surface area contributed by atoms with Crippen molar-refractivity contribution in [2.45, 2.75) is 19.4 Å². The maximum atomic E-state index is 14.5. The van der Waals surface area contributed by atoms with E-state index >= 15 is 0 Å². The number of nitriles is 1. The number of hydrogen-bond donors (Lipinski definition) is 2. The summed E-state index contributed by atoms with van der Waals surface area (Å²) < 4.78 is 19.3. The van der Waals surface area contributed by atoms with E-state index in [9.17, 15) is 14.0 Å². The summed E-state index contributed by atoms with van der Waals surface area (Å²) in [6.45, 7) is 1.88. The van der Waals surface area contributed by atoms with Gasteiger partial charge in [0.15, 0.2) is 5.82 Å². The molecule has 9 heteroatoms. The number of anilines is 2. The summed E-state index contributed by atoms with van der Waals surface area (Å²) in [6, 6.07) is 14.3. The van der Waals surface area contributed by atoms with Gasteiger partial charge in [-0.25, -0.2) is 14.2 Å². The van der Waals surface area contributed by atoms with Crippen LogP contribution in [0.5, 0.6) is 0 Å². The van der Waals surface area contributed by atoms with E-state index in [0.717, 1.165) is 5.56 Å². The highest BCUT2D eigenvalue weighted by molar-refractivity contribution is 6.34. The van der Waals surface area contributed by atoms with E-state index in [2.05, 4.69) is 15.6 Å². The fourth-order valence-corrected chi connectivity index (χ4v) is 3.44. The highest BCUT2D eigenvalue weighted by atomic mass is 35.5. The molecule has 1 heterocycles. The number of benzene rings is 2. The number of halogens is 2. The fourth-order valence-electron chi connectivity index (χ4n) is 3.25.